The summed E-state index contributed by atoms with van der Waals surface area (Å²) in [6.45, 7) is 8.77. The average molecular weight is 184 g/mol. The maximum Gasteiger partial charge on any atom is 0.171 e. The van der Waals surface area contributed by atoms with Crippen LogP contribution >= 0.6 is 0 Å². The lowest BCUT2D eigenvalue weighted by Crippen LogP contribution is -2.47. The highest BCUT2D eigenvalue weighted by Gasteiger charge is 2.56. The molecule has 0 aromatic rings. The molecule has 76 valence electrons. The van der Waals surface area contributed by atoms with Crippen LogP contribution in [0.4, 0.5) is 0 Å². The summed E-state index contributed by atoms with van der Waals surface area (Å²) in [5, 5.41) is 0. The molecule has 0 unspecified atom stereocenters. The first kappa shape index (κ1) is 9.47. The molecule has 2 heteroatoms. The molecule has 0 radical (unpaired) electrons. The molecule has 0 aromatic heterocycles. The van der Waals surface area contributed by atoms with Crippen LogP contribution in [0, 0.1) is 5.92 Å². The fourth-order valence-electron chi connectivity index (χ4n) is 3.12. The molecule has 2 aliphatic rings. The van der Waals surface area contributed by atoms with Gasteiger partial charge in [0.1, 0.15) is 0 Å². The fourth-order valence-corrected chi connectivity index (χ4v) is 3.12. The van der Waals surface area contributed by atoms with Gasteiger partial charge in [-0.15, -0.1) is 0 Å². The second kappa shape index (κ2) is 2.71. The Balaban J connectivity index is 2.28. The summed E-state index contributed by atoms with van der Waals surface area (Å²) in [6, 6.07) is 0. The Morgan fingerprint density at radius 3 is 2.62 bits per heavy atom. The van der Waals surface area contributed by atoms with E-state index in [9.17, 15) is 0 Å². The first-order valence-corrected chi connectivity index (χ1v) is 5.38. The van der Waals surface area contributed by atoms with Gasteiger partial charge in [0, 0.05) is 12.3 Å². The predicted octanol–water partition coefficient (Wildman–Crippen LogP) is 2.72. The van der Waals surface area contributed by atoms with Gasteiger partial charge in [0.25, 0.3) is 0 Å². The van der Waals surface area contributed by atoms with Gasteiger partial charge in [-0.3, -0.25) is 0 Å². The Morgan fingerprint density at radius 2 is 2.00 bits per heavy atom. The molecule has 4 atom stereocenters. The second-order valence-electron chi connectivity index (χ2n) is 4.96. The summed E-state index contributed by atoms with van der Waals surface area (Å²) in [6.07, 6.45) is 3.50. The van der Waals surface area contributed by atoms with Gasteiger partial charge in [-0.2, -0.15) is 0 Å². The maximum absolute atomic E-state index is 6.08. The summed E-state index contributed by atoms with van der Waals surface area (Å²) in [5.41, 5.74) is 0.0765. The number of hydrogen-bond donors (Lipinski definition) is 0. The molecule has 2 bridgehead atoms. The first-order chi connectivity index (χ1) is 6.00. The largest absolute Gasteiger partial charge is 0.347 e. The van der Waals surface area contributed by atoms with Gasteiger partial charge in [-0.1, -0.05) is 13.8 Å². The molecular weight excluding hydrogens is 164 g/mol. The molecule has 2 heterocycles. The van der Waals surface area contributed by atoms with E-state index in [0.717, 1.165) is 19.3 Å². The zero-order valence-corrected chi connectivity index (χ0v) is 9.09. The first-order valence-electron chi connectivity index (χ1n) is 5.38. The Hall–Kier alpha value is -0.0800. The molecular formula is C11H20O2. The summed E-state index contributed by atoms with van der Waals surface area (Å²) in [7, 11) is 0. The SMILES string of the molecule is CC[C@@]12O[C@H](C)C[C@@](C)(C[C@H]1C)O2. The molecule has 0 N–H and O–H groups in total. The molecule has 0 saturated carbocycles. The molecule has 0 aliphatic carbocycles. The van der Waals surface area contributed by atoms with Crippen molar-refractivity contribution in [3.63, 3.8) is 0 Å². The Kier molecular flexibility index (Phi) is 1.97. The van der Waals surface area contributed by atoms with E-state index >= 15 is 0 Å². The number of ether oxygens (including phenoxy) is 2. The lowest BCUT2D eigenvalue weighted by atomic mass is 9.90. The van der Waals surface area contributed by atoms with E-state index in [1.165, 1.54) is 0 Å². The van der Waals surface area contributed by atoms with E-state index < -0.39 is 0 Å². The van der Waals surface area contributed by atoms with E-state index in [4.69, 9.17) is 9.47 Å². The fraction of sp³-hybridized carbons (Fsp3) is 1.00. The van der Waals surface area contributed by atoms with Crippen LogP contribution in [0.3, 0.4) is 0 Å². The van der Waals surface area contributed by atoms with Crippen LogP contribution in [0.2, 0.25) is 0 Å². The minimum absolute atomic E-state index is 0.0765. The van der Waals surface area contributed by atoms with Gasteiger partial charge in [0.05, 0.1) is 11.7 Å². The maximum atomic E-state index is 6.08. The van der Waals surface area contributed by atoms with Crippen molar-refractivity contribution in [1.82, 2.24) is 0 Å². The minimum atomic E-state index is -0.271. The predicted molar refractivity (Wildman–Crippen MR) is 51.5 cm³/mol. The normalized spacial score (nSPS) is 55.4. The van der Waals surface area contributed by atoms with Gasteiger partial charge in [-0.25, -0.2) is 0 Å². The lowest BCUT2D eigenvalue weighted by molar-refractivity contribution is -0.318. The van der Waals surface area contributed by atoms with E-state index in [0.29, 0.717) is 12.0 Å². The van der Waals surface area contributed by atoms with Gasteiger partial charge in [0.2, 0.25) is 0 Å². The van der Waals surface area contributed by atoms with Crippen molar-refractivity contribution in [2.75, 3.05) is 0 Å². The Bertz CT molecular complexity index is 216. The average Bonchev–Trinajstić information content (AvgIpc) is 2.18. The minimum Gasteiger partial charge on any atom is -0.347 e. The van der Waals surface area contributed by atoms with Gasteiger partial charge in [-0.05, 0) is 26.7 Å². The molecule has 2 nitrogen and oxygen atoms in total. The molecule has 13 heavy (non-hydrogen) atoms. The highest BCUT2D eigenvalue weighted by atomic mass is 16.7. The monoisotopic (exact) mass is 184 g/mol. The molecule has 0 spiro atoms. The molecule has 2 fully saturated rings. The van der Waals surface area contributed by atoms with Crippen molar-refractivity contribution >= 4 is 0 Å². The van der Waals surface area contributed by atoms with Crippen molar-refractivity contribution in [1.29, 1.82) is 0 Å². The van der Waals surface area contributed by atoms with Crippen molar-refractivity contribution in [3.8, 4) is 0 Å². The van der Waals surface area contributed by atoms with Gasteiger partial charge < -0.3 is 9.47 Å². The molecule has 2 saturated heterocycles. The van der Waals surface area contributed by atoms with Crippen molar-refractivity contribution in [2.24, 2.45) is 5.92 Å². The van der Waals surface area contributed by atoms with Gasteiger partial charge >= 0.3 is 0 Å². The molecule has 0 amide bonds. The summed E-state index contributed by atoms with van der Waals surface area (Å²) < 4.78 is 12.1. The Morgan fingerprint density at radius 1 is 1.31 bits per heavy atom. The summed E-state index contributed by atoms with van der Waals surface area (Å²) in [4.78, 5) is 0. The van der Waals surface area contributed by atoms with Crippen LogP contribution < -0.4 is 0 Å². The van der Waals surface area contributed by atoms with E-state index in [2.05, 4.69) is 27.7 Å². The van der Waals surface area contributed by atoms with Crippen LogP contribution in [-0.4, -0.2) is 17.5 Å². The van der Waals surface area contributed by atoms with Crippen molar-refractivity contribution < 1.29 is 9.47 Å². The van der Waals surface area contributed by atoms with Crippen LogP contribution in [0.5, 0.6) is 0 Å². The number of fused-ring (bicyclic) bond motifs is 2. The van der Waals surface area contributed by atoms with Crippen LogP contribution in [-0.2, 0) is 9.47 Å². The van der Waals surface area contributed by atoms with E-state index in [1.54, 1.807) is 0 Å². The summed E-state index contributed by atoms with van der Waals surface area (Å²) in [5.74, 6) is 0.263. The lowest BCUT2D eigenvalue weighted by Gasteiger charge is -2.42. The standard InChI is InChI=1S/C11H20O2/c1-5-11-8(2)6-10(4,13-11)7-9(3)12-11/h8-9H,5-7H2,1-4H3/t8-,9-,10-,11+/m1/s1. The third-order valence-electron chi connectivity index (χ3n) is 3.52. The molecule has 2 aliphatic heterocycles. The topological polar surface area (TPSA) is 18.5 Å². The Labute approximate surface area is 80.6 Å². The smallest absolute Gasteiger partial charge is 0.171 e. The van der Waals surface area contributed by atoms with Crippen LogP contribution in [0.15, 0.2) is 0 Å². The zero-order valence-electron chi connectivity index (χ0n) is 9.09. The molecule has 0 aromatic carbocycles. The highest BCUT2D eigenvalue weighted by Crippen LogP contribution is 2.51. The van der Waals surface area contributed by atoms with E-state index in [1.807, 2.05) is 0 Å². The zero-order chi connectivity index (χ0) is 9.69. The summed E-state index contributed by atoms with van der Waals surface area (Å²) >= 11 is 0. The third-order valence-corrected chi connectivity index (χ3v) is 3.52. The number of rotatable bonds is 1. The number of hydrogen-bond acceptors (Lipinski definition) is 2. The molecule has 2 rings (SSSR count). The van der Waals surface area contributed by atoms with Gasteiger partial charge in [0.15, 0.2) is 5.79 Å². The quantitative estimate of drug-likeness (QED) is 0.624. The van der Waals surface area contributed by atoms with Crippen molar-refractivity contribution in [3.05, 3.63) is 0 Å². The highest BCUT2D eigenvalue weighted by molar-refractivity contribution is 4.98. The van der Waals surface area contributed by atoms with Crippen LogP contribution in [0.25, 0.3) is 0 Å². The second-order valence-corrected chi connectivity index (χ2v) is 4.96. The van der Waals surface area contributed by atoms with Crippen LogP contribution in [0.1, 0.15) is 47.0 Å². The van der Waals surface area contributed by atoms with Crippen molar-refractivity contribution in [2.45, 2.75) is 64.4 Å². The third kappa shape index (κ3) is 1.31. The van der Waals surface area contributed by atoms with E-state index in [-0.39, 0.29) is 11.4 Å².